The molecule has 100 valence electrons. The number of ether oxygens (including phenoxy) is 1. The SMILES string of the molecule is CCOC(=O)C1CCCN1c1nccn2nccc12. The number of aromatic nitrogens is 3. The van der Waals surface area contributed by atoms with Gasteiger partial charge in [0.1, 0.15) is 11.6 Å². The molecular formula is C13H16N4O2. The van der Waals surface area contributed by atoms with Crippen LogP contribution >= 0.6 is 0 Å². The van der Waals surface area contributed by atoms with Gasteiger partial charge in [0, 0.05) is 18.9 Å². The van der Waals surface area contributed by atoms with Crippen LogP contribution in [0.25, 0.3) is 5.52 Å². The van der Waals surface area contributed by atoms with Crippen LogP contribution in [0.1, 0.15) is 19.8 Å². The zero-order chi connectivity index (χ0) is 13.2. The molecule has 0 aliphatic carbocycles. The number of anilines is 1. The third-order valence-corrected chi connectivity index (χ3v) is 3.39. The maximum atomic E-state index is 12.0. The van der Waals surface area contributed by atoms with Crippen molar-refractivity contribution in [3.8, 4) is 0 Å². The molecule has 0 amide bonds. The molecule has 2 aromatic heterocycles. The summed E-state index contributed by atoms with van der Waals surface area (Å²) in [5, 5.41) is 4.19. The molecule has 0 saturated carbocycles. The summed E-state index contributed by atoms with van der Waals surface area (Å²) in [6.07, 6.45) is 7.02. The maximum Gasteiger partial charge on any atom is 0.328 e. The highest BCUT2D eigenvalue weighted by atomic mass is 16.5. The predicted molar refractivity (Wildman–Crippen MR) is 70.0 cm³/mol. The van der Waals surface area contributed by atoms with Crippen LogP contribution in [0, 0.1) is 0 Å². The van der Waals surface area contributed by atoms with Gasteiger partial charge in [0.05, 0.1) is 12.8 Å². The first-order valence-corrected chi connectivity index (χ1v) is 6.53. The average molecular weight is 260 g/mol. The first-order chi connectivity index (χ1) is 9.31. The quantitative estimate of drug-likeness (QED) is 0.778. The molecule has 2 aromatic rings. The molecule has 1 aliphatic rings. The van der Waals surface area contributed by atoms with Gasteiger partial charge in [0.25, 0.3) is 0 Å². The Kier molecular flexibility index (Phi) is 3.06. The topological polar surface area (TPSA) is 59.7 Å². The minimum atomic E-state index is -0.228. The van der Waals surface area contributed by atoms with Crippen LogP contribution in [0.3, 0.4) is 0 Å². The lowest BCUT2D eigenvalue weighted by molar-refractivity contribution is -0.144. The van der Waals surface area contributed by atoms with E-state index in [1.165, 1.54) is 0 Å². The molecular weight excluding hydrogens is 244 g/mol. The average Bonchev–Trinajstić information content (AvgIpc) is 3.07. The first-order valence-electron chi connectivity index (χ1n) is 6.53. The van der Waals surface area contributed by atoms with Crippen molar-refractivity contribution in [3.63, 3.8) is 0 Å². The smallest absolute Gasteiger partial charge is 0.328 e. The Balaban J connectivity index is 1.96. The largest absolute Gasteiger partial charge is 0.464 e. The number of fused-ring (bicyclic) bond motifs is 1. The van der Waals surface area contributed by atoms with E-state index < -0.39 is 0 Å². The molecule has 0 bridgehead atoms. The molecule has 1 unspecified atom stereocenters. The number of hydrogen-bond donors (Lipinski definition) is 0. The van der Waals surface area contributed by atoms with Crippen molar-refractivity contribution in [3.05, 3.63) is 24.7 Å². The highest BCUT2D eigenvalue weighted by Crippen LogP contribution is 2.27. The van der Waals surface area contributed by atoms with Crippen molar-refractivity contribution < 1.29 is 9.53 Å². The molecule has 0 radical (unpaired) electrons. The van der Waals surface area contributed by atoms with Gasteiger partial charge in [-0.05, 0) is 25.8 Å². The number of carbonyl (C=O) groups excluding carboxylic acids is 1. The van der Waals surface area contributed by atoms with Crippen LogP contribution < -0.4 is 4.90 Å². The number of hydrogen-bond acceptors (Lipinski definition) is 5. The fourth-order valence-corrected chi connectivity index (χ4v) is 2.57. The highest BCUT2D eigenvalue weighted by molar-refractivity contribution is 5.83. The second-order valence-electron chi connectivity index (χ2n) is 4.52. The fraction of sp³-hybridized carbons (Fsp3) is 0.462. The van der Waals surface area contributed by atoms with Crippen LogP contribution in [0.5, 0.6) is 0 Å². The maximum absolute atomic E-state index is 12.0. The summed E-state index contributed by atoms with van der Waals surface area (Å²) in [6, 6.07) is 1.68. The minimum Gasteiger partial charge on any atom is -0.464 e. The van der Waals surface area contributed by atoms with Gasteiger partial charge in [-0.2, -0.15) is 5.10 Å². The Labute approximate surface area is 111 Å². The highest BCUT2D eigenvalue weighted by Gasteiger charge is 2.33. The predicted octanol–water partition coefficient (Wildman–Crippen LogP) is 1.26. The second-order valence-corrected chi connectivity index (χ2v) is 4.52. The van der Waals surface area contributed by atoms with Crippen molar-refractivity contribution in [1.29, 1.82) is 0 Å². The Bertz CT molecular complexity index is 595. The Morgan fingerprint density at radius 3 is 3.26 bits per heavy atom. The van der Waals surface area contributed by atoms with E-state index in [0.717, 1.165) is 30.7 Å². The summed E-state index contributed by atoms with van der Waals surface area (Å²) in [6.45, 7) is 3.06. The Morgan fingerprint density at radius 1 is 1.53 bits per heavy atom. The summed E-state index contributed by atoms with van der Waals surface area (Å²) in [5.74, 6) is 0.638. The third-order valence-electron chi connectivity index (χ3n) is 3.39. The van der Waals surface area contributed by atoms with Gasteiger partial charge >= 0.3 is 5.97 Å². The lowest BCUT2D eigenvalue weighted by Crippen LogP contribution is -2.38. The van der Waals surface area contributed by atoms with Crippen LogP contribution in [0.2, 0.25) is 0 Å². The van der Waals surface area contributed by atoms with Crippen molar-refractivity contribution in [2.45, 2.75) is 25.8 Å². The van der Waals surface area contributed by atoms with E-state index in [4.69, 9.17) is 4.74 Å². The monoisotopic (exact) mass is 260 g/mol. The second kappa shape index (κ2) is 4.87. The zero-order valence-corrected chi connectivity index (χ0v) is 10.8. The third kappa shape index (κ3) is 2.03. The summed E-state index contributed by atoms with van der Waals surface area (Å²) in [5.41, 5.74) is 0.915. The number of rotatable bonds is 3. The van der Waals surface area contributed by atoms with E-state index in [2.05, 4.69) is 10.1 Å². The van der Waals surface area contributed by atoms with E-state index >= 15 is 0 Å². The molecule has 19 heavy (non-hydrogen) atoms. The number of carbonyl (C=O) groups is 1. The summed E-state index contributed by atoms with van der Waals surface area (Å²) in [7, 11) is 0. The van der Waals surface area contributed by atoms with Gasteiger partial charge in [-0.15, -0.1) is 0 Å². The first kappa shape index (κ1) is 12.0. The van der Waals surface area contributed by atoms with Crippen LogP contribution in [-0.4, -0.2) is 39.8 Å². The summed E-state index contributed by atoms with van der Waals surface area (Å²) >= 11 is 0. The van der Waals surface area contributed by atoms with Crippen molar-refractivity contribution in [2.24, 2.45) is 0 Å². The zero-order valence-electron chi connectivity index (χ0n) is 10.8. The Morgan fingerprint density at radius 2 is 2.42 bits per heavy atom. The lowest BCUT2D eigenvalue weighted by Gasteiger charge is -2.24. The number of nitrogens with zero attached hydrogens (tertiary/aromatic N) is 4. The van der Waals surface area contributed by atoms with Crippen molar-refractivity contribution in [2.75, 3.05) is 18.1 Å². The minimum absolute atomic E-state index is 0.164. The molecule has 0 aromatic carbocycles. The van der Waals surface area contributed by atoms with E-state index in [-0.39, 0.29) is 12.0 Å². The van der Waals surface area contributed by atoms with Crippen molar-refractivity contribution in [1.82, 2.24) is 14.6 Å². The summed E-state index contributed by atoms with van der Waals surface area (Å²) < 4.78 is 6.91. The molecule has 1 fully saturated rings. The van der Waals surface area contributed by atoms with E-state index in [9.17, 15) is 4.79 Å². The number of esters is 1. The lowest BCUT2D eigenvalue weighted by atomic mass is 10.2. The van der Waals surface area contributed by atoms with Gasteiger partial charge < -0.3 is 9.64 Å². The molecule has 1 saturated heterocycles. The van der Waals surface area contributed by atoms with E-state index in [1.54, 1.807) is 23.1 Å². The van der Waals surface area contributed by atoms with Gasteiger partial charge in [0.2, 0.25) is 0 Å². The Hall–Kier alpha value is -2.11. The van der Waals surface area contributed by atoms with E-state index in [0.29, 0.717) is 6.61 Å². The molecule has 6 heteroatoms. The molecule has 3 rings (SSSR count). The normalized spacial score (nSPS) is 19.0. The van der Waals surface area contributed by atoms with Gasteiger partial charge in [-0.3, -0.25) is 0 Å². The fourth-order valence-electron chi connectivity index (χ4n) is 2.57. The molecule has 1 aliphatic heterocycles. The molecule has 1 atom stereocenters. The molecule has 3 heterocycles. The van der Waals surface area contributed by atoms with Gasteiger partial charge in [-0.1, -0.05) is 0 Å². The summed E-state index contributed by atoms with van der Waals surface area (Å²) in [4.78, 5) is 18.4. The van der Waals surface area contributed by atoms with Gasteiger partial charge in [-0.25, -0.2) is 14.3 Å². The van der Waals surface area contributed by atoms with Crippen molar-refractivity contribution >= 4 is 17.3 Å². The standard InChI is InChI=1S/C13H16N4O2/c1-2-19-13(18)11-4-3-8-16(11)12-10-5-6-15-17(10)9-7-14-12/h5-7,9,11H,2-4,8H2,1H3. The molecule has 0 spiro atoms. The van der Waals surface area contributed by atoms with Crippen LogP contribution in [-0.2, 0) is 9.53 Å². The van der Waals surface area contributed by atoms with E-state index in [1.807, 2.05) is 17.9 Å². The van der Waals surface area contributed by atoms with Crippen LogP contribution in [0.15, 0.2) is 24.7 Å². The van der Waals surface area contributed by atoms with Crippen LogP contribution in [0.4, 0.5) is 5.82 Å². The molecule has 6 nitrogen and oxygen atoms in total. The molecule has 0 N–H and O–H groups in total. The van der Waals surface area contributed by atoms with Gasteiger partial charge in [0.15, 0.2) is 5.82 Å².